The summed E-state index contributed by atoms with van der Waals surface area (Å²) in [5, 5.41) is 0. The Balaban J connectivity index is 0.000000321. The Hall–Kier alpha value is -2.50. The van der Waals surface area contributed by atoms with E-state index in [2.05, 4.69) is 75.4 Å². The van der Waals surface area contributed by atoms with Gasteiger partial charge in [-0.05, 0) is 59.4 Å². The van der Waals surface area contributed by atoms with Crippen LogP contribution in [0, 0.1) is 5.92 Å². The quantitative estimate of drug-likeness (QED) is 0.0487. The van der Waals surface area contributed by atoms with Crippen LogP contribution in [0.4, 0.5) is 0 Å². The molecule has 0 bridgehead atoms. The SMILES string of the molecule is CC(C)CCCCCCC(OP(O)O)(c1ccccc1)c1ccccc1.CCCCCCCCc1ccccc1-c1ccccc1.OP(O)O. The molecule has 4 aromatic carbocycles. The van der Waals surface area contributed by atoms with Crippen LogP contribution < -0.4 is 0 Å². The maximum absolute atomic E-state index is 9.71. The van der Waals surface area contributed by atoms with Crippen LogP contribution in [-0.2, 0) is 16.5 Å². The maximum Gasteiger partial charge on any atom is 0.328 e. The van der Waals surface area contributed by atoms with Gasteiger partial charge in [-0.1, -0.05) is 194 Å². The predicted octanol–water partition coefficient (Wildman–Crippen LogP) is 11.6. The van der Waals surface area contributed by atoms with E-state index in [1.54, 1.807) is 0 Å². The van der Waals surface area contributed by atoms with Gasteiger partial charge < -0.3 is 24.5 Å². The van der Waals surface area contributed by atoms with Crippen molar-refractivity contribution in [3.63, 3.8) is 0 Å². The summed E-state index contributed by atoms with van der Waals surface area (Å²) in [5.41, 5.74) is 5.34. The molecule has 0 radical (unpaired) electrons. The number of rotatable bonds is 19. The molecule has 0 spiro atoms. The van der Waals surface area contributed by atoms with E-state index < -0.39 is 22.8 Å². The fourth-order valence-electron chi connectivity index (χ4n) is 6.17. The van der Waals surface area contributed by atoms with E-state index in [0.717, 1.165) is 36.3 Å². The minimum Gasteiger partial charge on any atom is -0.328 e. The molecule has 50 heavy (non-hydrogen) atoms. The lowest BCUT2D eigenvalue weighted by Gasteiger charge is -2.35. The van der Waals surface area contributed by atoms with Gasteiger partial charge in [-0.2, -0.15) is 0 Å². The molecule has 0 unspecified atom stereocenters. The second-order valence-electron chi connectivity index (χ2n) is 13.1. The lowest BCUT2D eigenvalue weighted by molar-refractivity contribution is 0.0790. The zero-order valence-corrected chi connectivity index (χ0v) is 32.1. The smallest absolute Gasteiger partial charge is 0.328 e. The molecule has 0 amide bonds. The van der Waals surface area contributed by atoms with Crippen molar-refractivity contribution in [3.8, 4) is 11.1 Å². The minimum absolute atomic E-state index is 0.725. The third-order valence-corrected chi connectivity index (χ3v) is 9.15. The molecule has 8 heteroatoms. The molecule has 0 aliphatic heterocycles. The summed E-state index contributed by atoms with van der Waals surface area (Å²) in [4.78, 5) is 41.1. The number of unbranched alkanes of at least 4 members (excludes halogenated alkanes) is 8. The lowest BCUT2D eigenvalue weighted by atomic mass is 9.82. The Kier molecular flexibility index (Phi) is 23.0. The van der Waals surface area contributed by atoms with Gasteiger partial charge in [-0.15, -0.1) is 0 Å². The van der Waals surface area contributed by atoms with Crippen LogP contribution in [-0.4, -0.2) is 24.5 Å². The van der Waals surface area contributed by atoms with Crippen LogP contribution in [0.5, 0.6) is 0 Å². The first-order valence-electron chi connectivity index (χ1n) is 18.2. The van der Waals surface area contributed by atoms with E-state index in [1.807, 2.05) is 60.7 Å². The highest BCUT2D eigenvalue weighted by Gasteiger charge is 2.37. The Bertz CT molecular complexity index is 1330. The summed E-state index contributed by atoms with van der Waals surface area (Å²) in [6, 6.07) is 39.4. The monoisotopic (exact) mass is 722 g/mol. The number of aryl methyl sites for hydroxylation is 1. The van der Waals surface area contributed by atoms with E-state index in [4.69, 9.17) is 19.2 Å². The van der Waals surface area contributed by atoms with Gasteiger partial charge in [0.05, 0.1) is 0 Å². The second kappa shape index (κ2) is 26.3. The Morgan fingerprint density at radius 1 is 0.560 bits per heavy atom. The summed E-state index contributed by atoms with van der Waals surface area (Å²) in [5.74, 6) is 0.749. The molecule has 4 rings (SSSR count). The average molecular weight is 723 g/mol. The largest absolute Gasteiger partial charge is 0.328 e. The summed E-state index contributed by atoms with van der Waals surface area (Å²) in [6.07, 6.45) is 15.9. The van der Waals surface area contributed by atoms with Crippen LogP contribution in [0.3, 0.4) is 0 Å². The first kappa shape index (κ1) is 43.7. The van der Waals surface area contributed by atoms with Crippen molar-refractivity contribution >= 4 is 17.2 Å². The van der Waals surface area contributed by atoms with Crippen LogP contribution in [0.25, 0.3) is 11.1 Å². The third kappa shape index (κ3) is 17.6. The topological polar surface area (TPSA) is 110 Å². The summed E-state index contributed by atoms with van der Waals surface area (Å²) < 4.78 is 5.83. The predicted molar refractivity (Wildman–Crippen MR) is 211 cm³/mol. The van der Waals surface area contributed by atoms with Crippen molar-refractivity contribution in [2.45, 2.75) is 110 Å². The van der Waals surface area contributed by atoms with Crippen molar-refractivity contribution in [1.82, 2.24) is 0 Å². The van der Waals surface area contributed by atoms with Crippen molar-refractivity contribution < 1.29 is 29.0 Å². The Morgan fingerprint density at radius 3 is 1.56 bits per heavy atom. The van der Waals surface area contributed by atoms with Gasteiger partial charge >= 0.3 is 17.2 Å². The zero-order chi connectivity index (χ0) is 36.5. The molecule has 0 atom stereocenters. The number of hydrogen-bond acceptors (Lipinski definition) is 6. The highest BCUT2D eigenvalue weighted by atomic mass is 31.2. The van der Waals surface area contributed by atoms with Gasteiger partial charge in [0.2, 0.25) is 0 Å². The highest BCUT2D eigenvalue weighted by molar-refractivity contribution is 7.39. The molecule has 6 nitrogen and oxygen atoms in total. The maximum atomic E-state index is 9.71. The fraction of sp³-hybridized carbons (Fsp3) is 0.429. The molecular weight excluding hydrogens is 662 g/mol. The van der Waals surface area contributed by atoms with Crippen molar-refractivity contribution in [2.24, 2.45) is 5.92 Å². The Labute approximate surface area is 304 Å². The molecule has 0 saturated heterocycles. The standard InChI is InChI=1S/C22H31O3P.C20H26.H3O3P/c1-19(2)13-7-3-4-12-18-22(25-26(23)24,20-14-8-5-9-15-20)21-16-10-6-11-17-21;1-2-3-4-5-6-8-13-19-16-11-12-17-20(19)18-14-9-7-10-15-18;1-4(2)3/h5-6,8-11,14-17,19,23-24H,3-4,7,12-13,18H2,1-2H3;7,9-12,14-17H,2-6,8,13H2,1H3;1-3H. The van der Waals surface area contributed by atoms with E-state index in [1.165, 1.54) is 80.9 Å². The molecule has 0 aliphatic carbocycles. The molecular formula is C42H60O6P2. The van der Waals surface area contributed by atoms with E-state index in [0.29, 0.717) is 0 Å². The van der Waals surface area contributed by atoms with Crippen LogP contribution in [0.15, 0.2) is 115 Å². The van der Waals surface area contributed by atoms with Gasteiger partial charge in [0.1, 0.15) is 5.60 Å². The van der Waals surface area contributed by atoms with Gasteiger partial charge in [-0.25, -0.2) is 0 Å². The minimum atomic E-state index is -2.62. The second-order valence-corrected chi connectivity index (χ2v) is 14.3. The van der Waals surface area contributed by atoms with E-state index in [-0.39, 0.29) is 0 Å². The number of benzene rings is 4. The molecule has 0 heterocycles. The zero-order valence-electron chi connectivity index (χ0n) is 30.3. The van der Waals surface area contributed by atoms with Crippen LogP contribution >= 0.6 is 17.2 Å². The highest BCUT2D eigenvalue weighted by Crippen LogP contribution is 2.46. The van der Waals surface area contributed by atoms with Crippen molar-refractivity contribution in [2.75, 3.05) is 0 Å². The van der Waals surface area contributed by atoms with Gasteiger partial charge in [0, 0.05) is 0 Å². The van der Waals surface area contributed by atoms with Gasteiger partial charge in [0.25, 0.3) is 0 Å². The van der Waals surface area contributed by atoms with E-state index >= 15 is 0 Å². The Morgan fingerprint density at radius 2 is 1.02 bits per heavy atom. The first-order chi connectivity index (χ1) is 24.2. The lowest BCUT2D eigenvalue weighted by Crippen LogP contribution is -2.29. The number of hydrogen-bond donors (Lipinski definition) is 5. The van der Waals surface area contributed by atoms with Crippen LogP contribution in [0.1, 0.15) is 115 Å². The summed E-state index contributed by atoms with van der Waals surface area (Å²) in [7, 11) is -5.09. The van der Waals surface area contributed by atoms with Crippen LogP contribution in [0.2, 0.25) is 0 Å². The van der Waals surface area contributed by atoms with Crippen molar-refractivity contribution in [3.05, 3.63) is 132 Å². The summed E-state index contributed by atoms with van der Waals surface area (Å²) in [6.45, 7) is 6.79. The molecule has 0 aromatic heterocycles. The van der Waals surface area contributed by atoms with Gasteiger partial charge in [-0.3, -0.25) is 4.52 Å². The molecule has 0 fully saturated rings. The third-order valence-electron chi connectivity index (χ3n) is 8.68. The molecule has 0 saturated carbocycles. The molecule has 0 aliphatic rings. The molecule has 4 aromatic rings. The molecule has 5 N–H and O–H groups in total. The van der Waals surface area contributed by atoms with Gasteiger partial charge in [0.15, 0.2) is 0 Å². The first-order valence-corrected chi connectivity index (χ1v) is 20.5. The summed E-state index contributed by atoms with van der Waals surface area (Å²) >= 11 is 0. The van der Waals surface area contributed by atoms with E-state index in [9.17, 15) is 9.79 Å². The van der Waals surface area contributed by atoms with Crippen molar-refractivity contribution in [1.29, 1.82) is 0 Å². The average Bonchev–Trinajstić information content (AvgIpc) is 3.12. The fourth-order valence-corrected chi connectivity index (χ4v) is 6.75. The molecule has 274 valence electrons. The normalized spacial score (nSPS) is 11.3.